The van der Waals surface area contributed by atoms with E-state index in [1.807, 2.05) is 18.5 Å². The van der Waals surface area contributed by atoms with Gasteiger partial charge in [-0.05, 0) is 33.1 Å². The number of sulfonamides is 1. The molecular weight excluding hydrogens is 286 g/mol. The number of hydrogen-bond acceptors (Lipinski definition) is 3. The Labute approximate surface area is 127 Å². The quantitative estimate of drug-likeness (QED) is 0.803. The Morgan fingerprint density at radius 2 is 1.95 bits per heavy atom. The molecule has 6 heteroatoms. The van der Waals surface area contributed by atoms with E-state index in [1.54, 1.807) is 11.2 Å². The minimum Gasteiger partial charge on any atom is -0.268 e. The molecule has 0 radical (unpaired) electrons. The van der Waals surface area contributed by atoms with Gasteiger partial charge in [0.2, 0.25) is 10.0 Å². The molecule has 0 aromatic carbocycles. The molecule has 0 N–H and O–H groups in total. The second kappa shape index (κ2) is 5.93. The van der Waals surface area contributed by atoms with Crippen molar-refractivity contribution >= 4 is 10.0 Å². The normalized spacial score (nSPS) is 17.3. The van der Waals surface area contributed by atoms with Crippen LogP contribution in [0.25, 0.3) is 0 Å². The topological polar surface area (TPSA) is 55.2 Å². The lowest BCUT2D eigenvalue weighted by Crippen LogP contribution is -2.36. The molecule has 0 fully saturated rings. The van der Waals surface area contributed by atoms with E-state index in [4.69, 9.17) is 0 Å². The maximum Gasteiger partial charge on any atom is 0.247 e. The molecule has 1 aliphatic rings. The molecule has 1 aromatic heterocycles. The van der Waals surface area contributed by atoms with Crippen molar-refractivity contribution < 1.29 is 8.42 Å². The van der Waals surface area contributed by atoms with Crippen LogP contribution >= 0.6 is 0 Å². The number of hydrogen-bond donors (Lipinski definition) is 0. The van der Waals surface area contributed by atoms with Gasteiger partial charge < -0.3 is 0 Å². The van der Waals surface area contributed by atoms with E-state index < -0.39 is 10.0 Å². The Balaban J connectivity index is 2.41. The van der Waals surface area contributed by atoms with Gasteiger partial charge in [0, 0.05) is 19.6 Å². The summed E-state index contributed by atoms with van der Waals surface area (Å²) >= 11 is 0. The highest BCUT2D eigenvalue weighted by Gasteiger charge is 2.31. The lowest BCUT2D eigenvalue weighted by atomic mass is 10.2. The van der Waals surface area contributed by atoms with Crippen molar-refractivity contribution in [2.75, 3.05) is 13.1 Å². The summed E-state index contributed by atoms with van der Waals surface area (Å²) in [5, 5.41) is 4.43. The van der Waals surface area contributed by atoms with E-state index in [9.17, 15) is 8.42 Å². The predicted molar refractivity (Wildman–Crippen MR) is 83.7 cm³/mol. The molecular formula is C15H25N3O2S. The molecule has 0 saturated heterocycles. The lowest BCUT2D eigenvalue weighted by Gasteiger charge is -2.25. The molecule has 5 nitrogen and oxygen atoms in total. The Bertz CT molecular complexity index is 657. The van der Waals surface area contributed by atoms with Crippen LogP contribution in [-0.2, 0) is 16.6 Å². The fraction of sp³-hybridized carbons (Fsp3) is 0.667. The van der Waals surface area contributed by atoms with Gasteiger partial charge >= 0.3 is 0 Å². The van der Waals surface area contributed by atoms with Crippen LogP contribution in [-0.4, -0.2) is 35.6 Å². The molecule has 21 heavy (non-hydrogen) atoms. The Morgan fingerprint density at radius 1 is 1.29 bits per heavy atom. The number of aromatic nitrogens is 2. The minimum absolute atomic E-state index is 0.387. The maximum atomic E-state index is 12.9. The average molecular weight is 311 g/mol. The van der Waals surface area contributed by atoms with E-state index in [-0.39, 0.29) is 0 Å². The predicted octanol–water partition coefficient (Wildman–Crippen LogP) is 2.50. The zero-order chi connectivity index (χ0) is 15.8. The molecule has 0 atom stereocenters. The Kier molecular flexibility index (Phi) is 4.58. The first kappa shape index (κ1) is 16.2. The van der Waals surface area contributed by atoms with E-state index >= 15 is 0 Å². The van der Waals surface area contributed by atoms with Crippen LogP contribution in [0.3, 0.4) is 0 Å². The zero-order valence-electron chi connectivity index (χ0n) is 13.5. The van der Waals surface area contributed by atoms with Gasteiger partial charge in [-0.3, -0.25) is 4.68 Å². The van der Waals surface area contributed by atoms with Crippen LogP contribution < -0.4 is 0 Å². The van der Waals surface area contributed by atoms with E-state index in [0.717, 1.165) is 24.2 Å². The van der Waals surface area contributed by atoms with Crippen LogP contribution in [0.1, 0.15) is 38.6 Å². The molecule has 0 saturated carbocycles. The highest BCUT2D eigenvalue weighted by molar-refractivity contribution is 7.89. The van der Waals surface area contributed by atoms with Gasteiger partial charge in [0.15, 0.2) is 0 Å². The maximum absolute atomic E-state index is 12.9. The van der Waals surface area contributed by atoms with Crippen LogP contribution in [0, 0.1) is 19.8 Å². The summed E-state index contributed by atoms with van der Waals surface area (Å²) in [6, 6.07) is 0. The summed E-state index contributed by atoms with van der Waals surface area (Å²) < 4.78 is 29.2. The van der Waals surface area contributed by atoms with Gasteiger partial charge in [0.25, 0.3) is 0 Å². The van der Waals surface area contributed by atoms with E-state index in [1.165, 1.54) is 0 Å². The highest BCUT2D eigenvalue weighted by atomic mass is 32.2. The van der Waals surface area contributed by atoms with Gasteiger partial charge in [0.1, 0.15) is 4.90 Å². The molecule has 0 spiro atoms. The Morgan fingerprint density at radius 3 is 2.52 bits per heavy atom. The van der Waals surface area contributed by atoms with E-state index in [2.05, 4.69) is 25.0 Å². The monoisotopic (exact) mass is 311 g/mol. The molecule has 0 bridgehead atoms. The first-order valence-electron chi connectivity index (χ1n) is 7.43. The Hall–Kier alpha value is -1.14. The summed E-state index contributed by atoms with van der Waals surface area (Å²) in [5.74, 6) is 0.429. The average Bonchev–Trinajstić information content (AvgIpc) is 2.64. The van der Waals surface area contributed by atoms with Crippen LogP contribution in [0.4, 0.5) is 0 Å². The smallest absolute Gasteiger partial charge is 0.247 e. The molecule has 2 heterocycles. The largest absolute Gasteiger partial charge is 0.268 e. The van der Waals surface area contributed by atoms with Gasteiger partial charge in [-0.1, -0.05) is 25.5 Å². The number of rotatable bonds is 4. The second-order valence-corrected chi connectivity index (χ2v) is 8.13. The molecule has 1 aromatic rings. The van der Waals surface area contributed by atoms with Gasteiger partial charge in [-0.25, -0.2) is 8.42 Å². The molecule has 0 amide bonds. The van der Waals surface area contributed by atoms with Crippen molar-refractivity contribution in [2.45, 2.75) is 52.5 Å². The second-order valence-electron chi connectivity index (χ2n) is 6.25. The summed E-state index contributed by atoms with van der Waals surface area (Å²) in [4.78, 5) is 0.387. The summed E-state index contributed by atoms with van der Waals surface area (Å²) in [5.41, 5.74) is 2.45. The van der Waals surface area contributed by atoms with Crippen LogP contribution in [0.15, 0.2) is 16.5 Å². The molecule has 0 unspecified atom stereocenters. The minimum atomic E-state index is -3.46. The first-order valence-corrected chi connectivity index (χ1v) is 8.87. The van der Waals surface area contributed by atoms with Crippen molar-refractivity contribution in [2.24, 2.45) is 5.92 Å². The summed E-state index contributed by atoms with van der Waals surface area (Å²) in [6.45, 7) is 11.6. The highest BCUT2D eigenvalue weighted by Crippen LogP contribution is 2.26. The van der Waals surface area contributed by atoms with E-state index in [0.29, 0.717) is 29.6 Å². The van der Waals surface area contributed by atoms with Crippen LogP contribution in [0.5, 0.6) is 0 Å². The number of nitrogens with zero attached hydrogens (tertiary/aromatic N) is 3. The van der Waals surface area contributed by atoms with Crippen molar-refractivity contribution in [3.05, 3.63) is 23.0 Å². The summed E-state index contributed by atoms with van der Waals surface area (Å²) in [7, 11) is -3.46. The fourth-order valence-electron chi connectivity index (χ4n) is 2.79. The standard InChI is InChI=1S/C15H25N3O2S/c1-11(2)9-18-14(5)15(13(4)16-18)21(19,20)17-8-6-7-12(3)10-17/h7,11H,6,8-10H2,1-5H3. The third-order valence-corrected chi connectivity index (χ3v) is 5.85. The lowest BCUT2D eigenvalue weighted by molar-refractivity contribution is 0.426. The first-order chi connectivity index (χ1) is 9.73. The zero-order valence-corrected chi connectivity index (χ0v) is 14.4. The third kappa shape index (κ3) is 3.21. The number of aryl methyl sites for hydroxylation is 1. The molecule has 1 aliphatic heterocycles. The fourth-order valence-corrected chi connectivity index (χ4v) is 4.66. The molecule has 0 aliphatic carbocycles. The third-order valence-electron chi connectivity index (χ3n) is 3.75. The van der Waals surface area contributed by atoms with Gasteiger partial charge in [-0.2, -0.15) is 9.40 Å². The molecule has 2 rings (SSSR count). The van der Waals surface area contributed by atoms with Gasteiger partial charge in [-0.15, -0.1) is 0 Å². The summed E-state index contributed by atoms with van der Waals surface area (Å²) in [6.07, 6.45) is 2.89. The SMILES string of the molecule is CC1=CCCN(S(=O)(=O)c2c(C)nn(CC(C)C)c2C)C1. The van der Waals surface area contributed by atoms with Crippen molar-refractivity contribution in [1.29, 1.82) is 0 Å². The van der Waals surface area contributed by atoms with Crippen molar-refractivity contribution in [1.82, 2.24) is 14.1 Å². The van der Waals surface area contributed by atoms with Crippen molar-refractivity contribution in [3.63, 3.8) is 0 Å². The molecule has 118 valence electrons. The van der Waals surface area contributed by atoms with Gasteiger partial charge in [0.05, 0.1) is 11.4 Å². The van der Waals surface area contributed by atoms with Crippen LogP contribution in [0.2, 0.25) is 0 Å². The van der Waals surface area contributed by atoms with Crippen molar-refractivity contribution in [3.8, 4) is 0 Å².